The fourth-order valence-corrected chi connectivity index (χ4v) is 5.90. The number of para-hydroxylation sites is 1. The van der Waals surface area contributed by atoms with Gasteiger partial charge in [-0.05, 0) is 48.6 Å². The summed E-state index contributed by atoms with van der Waals surface area (Å²) < 4.78 is 18.8. The number of aromatic nitrogens is 5. The zero-order valence-electron chi connectivity index (χ0n) is 19.8. The minimum absolute atomic E-state index is 0.206. The Bertz CT molecular complexity index is 1680. The molecule has 2 fully saturated rings. The van der Waals surface area contributed by atoms with Gasteiger partial charge < -0.3 is 10.0 Å². The van der Waals surface area contributed by atoms with Crippen molar-refractivity contribution in [2.24, 2.45) is 24.8 Å². The number of aryl methyl sites for hydroxylation is 2. The van der Waals surface area contributed by atoms with E-state index < -0.39 is 5.97 Å². The summed E-state index contributed by atoms with van der Waals surface area (Å²) in [5.41, 5.74) is 4.40. The molecule has 4 heterocycles. The summed E-state index contributed by atoms with van der Waals surface area (Å²) in [5.74, 6) is 0.0211. The number of carboxylic acid groups (broad SMARTS) is 1. The second kappa shape index (κ2) is 7.36. The Labute approximate surface area is 205 Å². The maximum absolute atomic E-state index is 15.3. The van der Waals surface area contributed by atoms with E-state index in [4.69, 9.17) is 5.10 Å². The first-order valence-corrected chi connectivity index (χ1v) is 12.0. The largest absolute Gasteiger partial charge is 0.481 e. The predicted molar refractivity (Wildman–Crippen MR) is 134 cm³/mol. The second-order valence-electron chi connectivity index (χ2n) is 9.86. The van der Waals surface area contributed by atoms with Crippen LogP contribution in [-0.2, 0) is 11.8 Å². The number of aliphatic carboxylic acids is 1. The first kappa shape index (κ1) is 21.0. The average Bonchev–Trinajstić information content (AvgIpc) is 3.19. The van der Waals surface area contributed by atoms with E-state index in [1.165, 1.54) is 6.07 Å². The van der Waals surface area contributed by atoms with Gasteiger partial charge in [-0.25, -0.2) is 14.1 Å². The molecule has 1 aliphatic carbocycles. The number of hydrogen-bond donors (Lipinski definition) is 1. The SMILES string of the molecule is Cc1cccc2c(-c3c(F)ccc4nn(C)cc34)nn(-c3ccc(N4C[C@@H]5C(C(=O)O)[C@@H]5C4)nc3)c12. The number of halogens is 1. The van der Waals surface area contributed by atoms with Gasteiger partial charge in [-0.3, -0.25) is 9.48 Å². The highest BCUT2D eigenvalue weighted by molar-refractivity contribution is 6.03. The first-order valence-electron chi connectivity index (χ1n) is 12.0. The van der Waals surface area contributed by atoms with E-state index in [-0.39, 0.29) is 23.6 Å². The molecule has 3 atom stereocenters. The third kappa shape index (κ3) is 2.98. The van der Waals surface area contributed by atoms with Crippen LogP contribution in [0.3, 0.4) is 0 Å². The lowest BCUT2D eigenvalue weighted by Gasteiger charge is -2.20. The summed E-state index contributed by atoms with van der Waals surface area (Å²) in [6, 6.07) is 13.0. The molecule has 0 bridgehead atoms. The summed E-state index contributed by atoms with van der Waals surface area (Å²) in [4.78, 5) is 18.1. The van der Waals surface area contributed by atoms with Crippen LogP contribution in [0.1, 0.15) is 5.56 Å². The van der Waals surface area contributed by atoms with Crippen LogP contribution in [-0.4, -0.2) is 48.7 Å². The molecular weight excluding hydrogens is 459 g/mol. The highest BCUT2D eigenvalue weighted by Crippen LogP contribution is 2.52. The monoisotopic (exact) mass is 482 g/mol. The van der Waals surface area contributed by atoms with Crippen LogP contribution in [0.5, 0.6) is 0 Å². The van der Waals surface area contributed by atoms with Crippen molar-refractivity contribution >= 4 is 33.6 Å². The van der Waals surface area contributed by atoms with E-state index in [1.54, 1.807) is 16.9 Å². The molecule has 1 saturated carbocycles. The topological polar surface area (TPSA) is 89.1 Å². The lowest BCUT2D eigenvalue weighted by molar-refractivity contribution is -0.139. The number of fused-ring (bicyclic) bond motifs is 3. The number of anilines is 1. The molecule has 0 spiro atoms. The number of rotatable bonds is 4. The van der Waals surface area contributed by atoms with Crippen LogP contribution in [0, 0.1) is 30.5 Å². The average molecular weight is 483 g/mol. The zero-order valence-corrected chi connectivity index (χ0v) is 19.8. The van der Waals surface area contributed by atoms with Crippen molar-refractivity contribution in [2.45, 2.75) is 6.92 Å². The van der Waals surface area contributed by atoms with E-state index in [0.29, 0.717) is 22.2 Å². The molecular formula is C27H23FN6O2. The van der Waals surface area contributed by atoms with Gasteiger partial charge in [-0.1, -0.05) is 18.2 Å². The normalized spacial score (nSPS) is 20.9. The lowest BCUT2D eigenvalue weighted by Crippen LogP contribution is -2.26. The van der Waals surface area contributed by atoms with Crippen molar-refractivity contribution in [2.75, 3.05) is 18.0 Å². The Balaban J connectivity index is 1.31. The predicted octanol–water partition coefficient (Wildman–Crippen LogP) is 4.19. The number of hydrogen-bond acceptors (Lipinski definition) is 5. The fourth-order valence-electron chi connectivity index (χ4n) is 5.90. The second-order valence-corrected chi connectivity index (χ2v) is 9.86. The number of nitrogens with zero attached hydrogens (tertiary/aromatic N) is 6. The zero-order chi connectivity index (χ0) is 24.7. The molecule has 1 unspecified atom stereocenters. The summed E-state index contributed by atoms with van der Waals surface area (Å²) in [6.45, 7) is 3.45. The number of carbonyl (C=O) groups is 1. The molecule has 0 radical (unpaired) electrons. The van der Waals surface area contributed by atoms with Crippen LogP contribution < -0.4 is 4.90 Å². The molecule has 1 saturated heterocycles. The van der Waals surface area contributed by atoms with E-state index in [1.807, 2.05) is 55.2 Å². The van der Waals surface area contributed by atoms with Crippen molar-refractivity contribution in [3.63, 3.8) is 0 Å². The van der Waals surface area contributed by atoms with E-state index in [0.717, 1.165) is 41.1 Å². The van der Waals surface area contributed by atoms with Gasteiger partial charge in [0.2, 0.25) is 0 Å². The standard InChI is InChI=1S/C27H23FN6O2/c1-14-4-3-5-16-25(24-19-11-32(2)30-21(19)8-7-20(24)28)31-34(26(14)16)15-6-9-22(29-10-15)33-12-17-18(13-33)23(17)27(35)36/h3-11,17-18,23H,12-13H2,1-2H3,(H,35,36)/t17-,18+,23?. The third-order valence-electron chi connectivity index (χ3n) is 7.67. The van der Waals surface area contributed by atoms with Crippen LogP contribution in [0.25, 0.3) is 38.8 Å². The van der Waals surface area contributed by atoms with Gasteiger partial charge in [0, 0.05) is 42.7 Å². The molecule has 2 aromatic carbocycles. The van der Waals surface area contributed by atoms with Gasteiger partial charge >= 0.3 is 5.97 Å². The van der Waals surface area contributed by atoms with Crippen molar-refractivity contribution in [3.05, 3.63) is 66.2 Å². The van der Waals surface area contributed by atoms with E-state index in [9.17, 15) is 9.90 Å². The van der Waals surface area contributed by atoms with Crippen LogP contribution in [0.15, 0.2) is 54.9 Å². The van der Waals surface area contributed by atoms with E-state index >= 15 is 4.39 Å². The van der Waals surface area contributed by atoms with Crippen molar-refractivity contribution < 1.29 is 14.3 Å². The van der Waals surface area contributed by atoms with Crippen molar-refractivity contribution in [1.29, 1.82) is 0 Å². The quantitative estimate of drug-likeness (QED) is 0.413. The summed E-state index contributed by atoms with van der Waals surface area (Å²) in [5, 5.41) is 20.2. The Morgan fingerprint density at radius 3 is 2.58 bits per heavy atom. The van der Waals surface area contributed by atoms with Gasteiger partial charge in [-0.2, -0.15) is 10.2 Å². The molecule has 1 aliphatic heterocycles. The number of piperidine rings is 1. The molecule has 0 amide bonds. The molecule has 2 aliphatic rings. The number of pyridine rings is 1. The molecule has 180 valence electrons. The minimum atomic E-state index is -0.692. The Kier molecular flexibility index (Phi) is 4.31. The van der Waals surface area contributed by atoms with Crippen LogP contribution >= 0.6 is 0 Å². The number of benzene rings is 2. The molecule has 1 N–H and O–H groups in total. The first-order chi connectivity index (χ1) is 17.4. The highest BCUT2D eigenvalue weighted by Gasteiger charge is 2.60. The van der Waals surface area contributed by atoms with Crippen molar-refractivity contribution in [1.82, 2.24) is 24.5 Å². The summed E-state index contributed by atoms with van der Waals surface area (Å²) >= 11 is 0. The Morgan fingerprint density at radius 2 is 1.86 bits per heavy atom. The summed E-state index contributed by atoms with van der Waals surface area (Å²) in [6.07, 6.45) is 3.60. The molecule has 9 heteroatoms. The number of carboxylic acids is 1. The van der Waals surface area contributed by atoms with Gasteiger partial charge in [0.15, 0.2) is 0 Å². The molecule has 3 aromatic heterocycles. The summed E-state index contributed by atoms with van der Waals surface area (Å²) in [7, 11) is 1.82. The molecule has 8 nitrogen and oxygen atoms in total. The van der Waals surface area contributed by atoms with Gasteiger partial charge in [0.1, 0.15) is 17.3 Å². The molecule has 5 aromatic rings. The maximum atomic E-state index is 15.3. The van der Waals surface area contributed by atoms with Crippen LogP contribution in [0.2, 0.25) is 0 Å². The lowest BCUT2D eigenvalue weighted by atomic mass is 10.0. The Morgan fingerprint density at radius 1 is 1.06 bits per heavy atom. The van der Waals surface area contributed by atoms with Gasteiger partial charge in [-0.15, -0.1) is 0 Å². The maximum Gasteiger partial charge on any atom is 0.307 e. The molecule has 7 rings (SSSR count). The minimum Gasteiger partial charge on any atom is -0.481 e. The van der Waals surface area contributed by atoms with E-state index in [2.05, 4.69) is 15.0 Å². The molecule has 36 heavy (non-hydrogen) atoms. The fraction of sp³-hybridized carbons (Fsp3) is 0.259. The van der Waals surface area contributed by atoms with Gasteiger partial charge in [0.25, 0.3) is 0 Å². The smallest absolute Gasteiger partial charge is 0.307 e. The Hall–Kier alpha value is -4.27. The highest BCUT2D eigenvalue weighted by atomic mass is 19.1. The van der Waals surface area contributed by atoms with Crippen LogP contribution in [0.4, 0.5) is 10.2 Å². The van der Waals surface area contributed by atoms with Crippen molar-refractivity contribution in [3.8, 4) is 16.9 Å². The van der Waals surface area contributed by atoms with Gasteiger partial charge in [0.05, 0.1) is 28.8 Å². The third-order valence-corrected chi connectivity index (χ3v) is 7.67.